The van der Waals surface area contributed by atoms with Crippen LogP contribution in [-0.2, 0) is 16.6 Å². The van der Waals surface area contributed by atoms with Crippen LogP contribution in [0, 0.1) is 0 Å². The van der Waals surface area contributed by atoms with E-state index in [2.05, 4.69) is 10.3 Å². The fourth-order valence-electron chi connectivity index (χ4n) is 3.67. The molecule has 34 heavy (non-hydrogen) atoms. The molecule has 182 valence electrons. The molecule has 0 saturated carbocycles. The van der Waals surface area contributed by atoms with Crippen LogP contribution in [0.2, 0.25) is 0 Å². The number of nitrogens with zero attached hydrogens (tertiary/aromatic N) is 1. The number of hydrogen-bond donors (Lipinski definition) is 2. The molecule has 1 aromatic heterocycles. The minimum atomic E-state index is -3.73. The zero-order chi connectivity index (χ0) is 24.9. The molecule has 3 rings (SSSR count). The predicted octanol–water partition coefficient (Wildman–Crippen LogP) is 2.90. The fraction of sp³-hybridized carbons (Fsp3) is 0.333. The molecule has 10 heteroatoms. The maximum atomic E-state index is 13.0. The van der Waals surface area contributed by atoms with E-state index in [0.29, 0.717) is 42.1 Å². The van der Waals surface area contributed by atoms with Gasteiger partial charge in [-0.2, -0.15) is 4.31 Å². The molecule has 3 aromatic rings. The van der Waals surface area contributed by atoms with Crippen LogP contribution >= 0.6 is 0 Å². The molecule has 9 nitrogen and oxygen atoms in total. The third-order valence-corrected chi connectivity index (χ3v) is 7.43. The Labute approximate surface area is 198 Å². The largest absolute Gasteiger partial charge is 0.493 e. The second-order valence-corrected chi connectivity index (χ2v) is 9.38. The van der Waals surface area contributed by atoms with Crippen LogP contribution in [0.3, 0.4) is 0 Å². The highest BCUT2D eigenvalue weighted by Gasteiger charge is 2.23. The molecule has 0 spiro atoms. The molecule has 2 N–H and O–H groups in total. The van der Waals surface area contributed by atoms with Crippen molar-refractivity contribution in [2.24, 2.45) is 0 Å². The molecular formula is C24H29N3O6S. The summed E-state index contributed by atoms with van der Waals surface area (Å²) < 4.78 is 38.1. The van der Waals surface area contributed by atoms with Gasteiger partial charge in [0.2, 0.25) is 15.6 Å². The van der Waals surface area contributed by atoms with E-state index in [9.17, 15) is 18.0 Å². The van der Waals surface area contributed by atoms with Crippen LogP contribution in [0.25, 0.3) is 10.9 Å². The lowest BCUT2D eigenvalue weighted by Crippen LogP contribution is -2.30. The van der Waals surface area contributed by atoms with Gasteiger partial charge in [-0.05, 0) is 42.8 Å². The monoisotopic (exact) mass is 487 g/mol. The number of methoxy groups -OCH3 is 1. The second kappa shape index (κ2) is 10.7. The number of benzene rings is 2. The zero-order valence-corrected chi connectivity index (χ0v) is 20.5. The Morgan fingerprint density at radius 1 is 1.03 bits per heavy atom. The van der Waals surface area contributed by atoms with Crippen LogP contribution < -0.4 is 20.3 Å². The van der Waals surface area contributed by atoms with Crippen molar-refractivity contribution in [1.82, 2.24) is 14.6 Å². The molecule has 1 amide bonds. The molecule has 0 fully saturated rings. The lowest BCUT2D eigenvalue weighted by Gasteiger charge is -2.19. The summed E-state index contributed by atoms with van der Waals surface area (Å²) in [7, 11) is -2.20. The van der Waals surface area contributed by atoms with E-state index in [1.165, 1.54) is 35.7 Å². The highest BCUT2D eigenvalue weighted by Crippen LogP contribution is 2.28. The Hall–Kier alpha value is -3.37. The van der Waals surface area contributed by atoms with Crippen molar-refractivity contribution in [3.05, 3.63) is 63.9 Å². The van der Waals surface area contributed by atoms with E-state index < -0.39 is 21.5 Å². The van der Waals surface area contributed by atoms with Crippen LogP contribution in [-0.4, -0.2) is 50.4 Å². The molecule has 0 aliphatic rings. The van der Waals surface area contributed by atoms with Crippen LogP contribution in [0.5, 0.6) is 11.5 Å². The third-order valence-electron chi connectivity index (χ3n) is 5.38. The van der Waals surface area contributed by atoms with Crippen molar-refractivity contribution >= 4 is 26.8 Å². The summed E-state index contributed by atoms with van der Waals surface area (Å²) in [4.78, 5) is 27.9. The summed E-state index contributed by atoms with van der Waals surface area (Å²) >= 11 is 0. The molecule has 0 aliphatic carbocycles. The summed E-state index contributed by atoms with van der Waals surface area (Å²) in [6.07, 6.45) is 0. The number of rotatable bonds is 10. The summed E-state index contributed by atoms with van der Waals surface area (Å²) in [5.41, 5.74) is 0.777. The molecule has 0 radical (unpaired) electrons. The highest BCUT2D eigenvalue weighted by atomic mass is 32.2. The summed E-state index contributed by atoms with van der Waals surface area (Å²) in [6, 6.07) is 10.9. The van der Waals surface area contributed by atoms with Crippen molar-refractivity contribution in [3.8, 4) is 11.5 Å². The van der Waals surface area contributed by atoms with E-state index in [0.717, 1.165) is 5.56 Å². The van der Waals surface area contributed by atoms with Crippen molar-refractivity contribution in [2.75, 3.05) is 26.8 Å². The number of H-pyrrole nitrogens is 1. The molecule has 0 aliphatic heterocycles. The molecule has 0 unspecified atom stereocenters. The van der Waals surface area contributed by atoms with Gasteiger partial charge in [0.15, 0.2) is 11.5 Å². The number of nitrogens with one attached hydrogen (secondary N) is 2. The van der Waals surface area contributed by atoms with Gasteiger partial charge in [0.05, 0.1) is 24.2 Å². The maximum absolute atomic E-state index is 13.0. The van der Waals surface area contributed by atoms with Crippen molar-refractivity contribution in [3.63, 3.8) is 0 Å². The van der Waals surface area contributed by atoms with Gasteiger partial charge in [0.1, 0.15) is 0 Å². The number of ether oxygens (including phenoxy) is 2. The quantitative estimate of drug-likeness (QED) is 0.454. The van der Waals surface area contributed by atoms with Gasteiger partial charge < -0.3 is 19.8 Å². The number of carbonyl (C=O) groups is 1. The van der Waals surface area contributed by atoms with E-state index in [1.807, 2.05) is 6.92 Å². The minimum Gasteiger partial charge on any atom is -0.493 e. The van der Waals surface area contributed by atoms with Crippen molar-refractivity contribution in [1.29, 1.82) is 0 Å². The number of fused-ring (bicyclic) bond motifs is 1. The van der Waals surface area contributed by atoms with E-state index >= 15 is 0 Å². The Balaban J connectivity index is 1.94. The standard InChI is InChI=1S/C24H29N3O6S/c1-5-27(6-2)34(30,31)17-9-10-20-18(13-17)19(14-23(28)26-20)24(29)25-15-16-8-11-21(33-7-3)22(12-16)32-4/h8-14H,5-7,15H2,1-4H3,(H,25,29)(H,26,28). The number of aromatic nitrogens is 1. The number of amides is 1. The third kappa shape index (κ3) is 5.23. The average Bonchev–Trinajstić information content (AvgIpc) is 2.83. The van der Waals surface area contributed by atoms with Crippen molar-refractivity contribution < 1.29 is 22.7 Å². The Morgan fingerprint density at radius 2 is 1.76 bits per heavy atom. The Bertz CT molecular complexity index is 1350. The van der Waals surface area contributed by atoms with Gasteiger partial charge in [-0.3, -0.25) is 9.59 Å². The maximum Gasteiger partial charge on any atom is 0.252 e. The number of aromatic amines is 1. The van der Waals surface area contributed by atoms with E-state index in [-0.39, 0.29) is 17.0 Å². The zero-order valence-electron chi connectivity index (χ0n) is 19.7. The molecule has 0 atom stereocenters. The van der Waals surface area contributed by atoms with Crippen LogP contribution in [0.15, 0.2) is 52.2 Å². The van der Waals surface area contributed by atoms with Crippen molar-refractivity contribution in [2.45, 2.75) is 32.2 Å². The second-order valence-electron chi connectivity index (χ2n) is 7.44. The summed E-state index contributed by atoms with van der Waals surface area (Å²) in [6.45, 7) is 6.70. The van der Waals surface area contributed by atoms with Crippen LogP contribution in [0.1, 0.15) is 36.7 Å². The minimum absolute atomic E-state index is 0.0565. The van der Waals surface area contributed by atoms with Gasteiger partial charge in [0.25, 0.3) is 5.91 Å². The lowest BCUT2D eigenvalue weighted by molar-refractivity contribution is 0.0952. The summed E-state index contributed by atoms with van der Waals surface area (Å²) in [5.74, 6) is 0.644. The first-order valence-corrected chi connectivity index (χ1v) is 12.4. The summed E-state index contributed by atoms with van der Waals surface area (Å²) in [5, 5.41) is 3.13. The Kier molecular flexibility index (Phi) is 7.95. The normalized spacial score (nSPS) is 11.6. The molecule has 1 heterocycles. The number of sulfonamides is 1. The molecule has 0 bridgehead atoms. The topological polar surface area (TPSA) is 118 Å². The highest BCUT2D eigenvalue weighted by molar-refractivity contribution is 7.89. The number of hydrogen-bond acceptors (Lipinski definition) is 6. The van der Waals surface area contributed by atoms with Gasteiger partial charge in [0, 0.05) is 36.6 Å². The van der Waals surface area contributed by atoms with E-state index in [4.69, 9.17) is 9.47 Å². The first kappa shape index (κ1) is 25.3. The van der Waals surface area contributed by atoms with Gasteiger partial charge in [-0.15, -0.1) is 0 Å². The van der Waals surface area contributed by atoms with Gasteiger partial charge in [-0.25, -0.2) is 8.42 Å². The van der Waals surface area contributed by atoms with Gasteiger partial charge >= 0.3 is 0 Å². The molecular weight excluding hydrogens is 458 g/mol. The molecule has 2 aromatic carbocycles. The lowest BCUT2D eigenvalue weighted by atomic mass is 10.1. The van der Waals surface area contributed by atoms with Crippen LogP contribution in [0.4, 0.5) is 0 Å². The Morgan fingerprint density at radius 3 is 2.41 bits per heavy atom. The van der Waals surface area contributed by atoms with Gasteiger partial charge in [-0.1, -0.05) is 19.9 Å². The fourth-order valence-corrected chi connectivity index (χ4v) is 5.15. The number of carbonyl (C=O) groups excluding carboxylic acids is 1. The predicted molar refractivity (Wildman–Crippen MR) is 130 cm³/mol. The first-order valence-electron chi connectivity index (χ1n) is 11.0. The number of pyridine rings is 1. The smallest absolute Gasteiger partial charge is 0.252 e. The molecule has 0 saturated heterocycles. The average molecular weight is 488 g/mol. The van der Waals surface area contributed by atoms with E-state index in [1.54, 1.807) is 32.0 Å². The first-order chi connectivity index (χ1) is 16.2. The SMILES string of the molecule is CCOc1ccc(CNC(=O)c2cc(=O)[nH]c3ccc(S(=O)(=O)N(CC)CC)cc23)cc1OC.